The molecule has 2 N–H and O–H groups in total. The zero-order chi connectivity index (χ0) is 15.8. The summed E-state index contributed by atoms with van der Waals surface area (Å²) in [5.74, 6) is 1.81. The quantitative estimate of drug-likeness (QED) is 0.482. The van der Waals surface area contributed by atoms with Crippen LogP contribution in [-0.2, 0) is 0 Å². The van der Waals surface area contributed by atoms with Gasteiger partial charge in [-0.1, -0.05) is 30.4 Å². The van der Waals surface area contributed by atoms with E-state index >= 15 is 0 Å². The summed E-state index contributed by atoms with van der Waals surface area (Å²) in [5.41, 5.74) is 1.15. The molecule has 0 fully saturated rings. The molecule has 0 heterocycles. The maximum atomic E-state index is 5.97. The Hall–Kier alpha value is -1.97. The van der Waals surface area contributed by atoms with Crippen LogP contribution in [0.2, 0.25) is 0 Å². The van der Waals surface area contributed by atoms with Gasteiger partial charge >= 0.3 is 0 Å². The molecule has 0 aromatic heterocycles. The molecule has 0 radical (unpaired) electrons. The van der Waals surface area contributed by atoms with Crippen LogP contribution >= 0.6 is 0 Å². The number of nitrogens with one attached hydrogen (secondary N) is 2. The minimum atomic E-state index is 0.0401. The first-order chi connectivity index (χ1) is 10.7. The molecule has 4 heteroatoms. The Bertz CT molecular complexity index is 517. The zero-order valence-corrected chi connectivity index (χ0v) is 13.8. The summed E-state index contributed by atoms with van der Waals surface area (Å²) in [5, 5.41) is 6.76. The molecule has 2 rings (SSSR count). The van der Waals surface area contributed by atoms with E-state index < -0.39 is 0 Å². The summed E-state index contributed by atoms with van der Waals surface area (Å²) in [6, 6.07) is 8.54. The van der Waals surface area contributed by atoms with Gasteiger partial charge in [0.25, 0.3) is 0 Å². The largest absolute Gasteiger partial charge is 0.489 e. The second kappa shape index (κ2) is 8.47. The number of guanidine groups is 1. The van der Waals surface area contributed by atoms with E-state index in [9.17, 15) is 0 Å². The van der Waals surface area contributed by atoms with Gasteiger partial charge in [0.1, 0.15) is 11.9 Å². The fourth-order valence-corrected chi connectivity index (χ4v) is 2.41. The normalized spacial score (nSPS) is 16.6. The highest BCUT2D eigenvalue weighted by Crippen LogP contribution is 2.17. The SMILES string of the molecule is CCNC(=NCC(C)Oc1ccccc1C)NC1CC=CC1. The number of nitrogens with zero attached hydrogens (tertiary/aromatic N) is 1. The highest BCUT2D eigenvalue weighted by molar-refractivity contribution is 5.80. The highest BCUT2D eigenvalue weighted by atomic mass is 16.5. The van der Waals surface area contributed by atoms with Gasteiger partial charge in [0.15, 0.2) is 5.96 Å². The minimum absolute atomic E-state index is 0.0401. The monoisotopic (exact) mass is 301 g/mol. The van der Waals surface area contributed by atoms with Gasteiger partial charge in [-0.25, -0.2) is 4.99 Å². The second-order valence-electron chi connectivity index (χ2n) is 5.70. The molecule has 120 valence electrons. The van der Waals surface area contributed by atoms with Crippen molar-refractivity contribution in [3.8, 4) is 5.75 Å². The van der Waals surface area contributed by atoms with Crippen LogP contribution in [0.5, 0.6) is 5.75 Å². The maximum absolute atomic E-state index is 5.97. The summed E-state index contributed by atoms with van der Waals surface area (Å²) in [4.78, 5) is 4.64. The third kappa shape index (κ3) is 5.10. The van der Waals surface area contributed by atoms with E-state index in [4.69, 9.17) is 4.74 Å². The van der Waals surface area contributed by atoms with Gasteiger partial charge < -0.3 is 15.4 Å². The molecule has 1 aliphatic carbocycles. The fraction of sp³-hybridized carbons (Fsp3) is 0.500. The van der Waals surface area contributed by atoms with Crippen molar-refractivity contribution in [2.24, 2.45) is 4.99 Å². The van der Waals surface area contributed by atoms with Crippen LogP contribution in [-0.4, -0.2) is 31.2 Å². The van der Waals surface area contributed by atoms with Crippen LogP contribution < -0.4 is 15.4 Å². The van der Waals surface area contributed by atoms with Crippen molar-refractivity contribution in [1.29, 1.82) is 0 Å². The Morgan fingerprint density at radius 1 is 1.32 bits per heavy atom. The number of aliphatic imine (C=N–C) groups is 1. The summed E-state index contributed by atoms with van der Waals surface area (Å²) in [6.07, 6.45) is 6.61. The van der Waals surface area contributed by atoms with Crippen LogP contribution in [0.3, 0.4) is 0 Å². The van der Waals surface area contributed by atoms with Crippen LogP contribution in [0.15, 0.2) is 41.4 Å². The van der Waals surface area contributed by atoms with Gasteiger partial charge in [-0.3, -0.25) is 0 Å². The average Bonchev–Trinajstić information content (AvgIpc) is 3.00. The Kier molecular flexibility index (Phi) is 6.31. The summed E-state index contributed by atoms with van der Waals surface area (Å²) < 4.78 is 5.97. The molecule has 0 spiro atoms. The topological polar surface area (TPSA) is 45.7 Å². The van der Waals surface area contributed by atoms with E-state index in [1.165, 1.54) is 0 Å². The molecule has 0 saturated carbocycles. The minimum Gasteiger partial charge on any atom is -0.489 e. The Morgan fingerprint density at radius 3 is 2.73 bits per heavy atom. The van der Waals surface area contributed by atoms with Crippen molar-refractivity contribution >= 4 is 5.96 Å². The molecule has 0 amide bonds. The Labute approximate surface area is 133 Å². The van der Waals surface area contributed by atoms with Gasteiger partial charge in [0, 0.05) is 12.6 Å². The Morgan fingerprint density at radius 2 is 2.05 bits per heavy atom. The van der Waals surface area contributed by atoms with E-state index in [1.54, 1.807) is 0 Å². The van der Waals surface area contributed by atoms with Crippen molar-refractivity contribution in [3.05, 3.63) is 42.0 Å². The lowest BCUT2D eigenvalue weighted by Gasteiger charge is -2.18. The fourth-order valence-electron chi connectivity index (χ4n) is 2.41. The summed E-state index contributed by atoms with van der Waals surface area (Å²) in [6.45, 7) is 7.68. The molecule has 1 aromatic carbocycles. The summed E-state index contributed by atoms with van der Waals surface area (Å²) in [7, 11) is 0. The van der Waals surface area contributed by atoms with E-state index in [-0.39, 0.29) is 6.10 Å². The average molecular weight is 301 g/mol. The molecule has 0 bridgehead atoms. The first-order valence-corrected chi connectivity index (χ1v) is 8.11. The number of hydrogen-bond donors (Lipinski definition) is 2. The van der Waals surface area contributed by atoms with Crippen LogP contribution in [0.1, 0.15) is 32.3 Å². The zero-order valence-electron chi connectivity index (χ0n) is 13.8. The third-order valence-corrected chi connectivity index (χ3v) is 3.62. The molecule has 0 saturated heterocycles. The standard InChI is InChI=1S/C18H27N3O/c1-4-19-18(21-16-10-6-7-11-16)20-13-15(3)22-17-12-8-5-9-14(17)2/h5-9,12,15-16H,4,10-11,13H2,1-3H3,(H2,19,20,21). The highest BCUT2D eigenvalue weighted by Gasteiger charge is 2.12. The van der Waals surface area contributed by atoms with E-state index in [1.807, 2.05) is 18.2 Å². The Balaban J connectivity index is 1.87. The van der Waals surface area contributed by atoms with E-state index in [2.05, 4.69) is 54.6 Å². The molecule has 1 aliphatic rings. The third-order valence-electron chi connectivity index (χ3n) is 3.62. The number of aryl methyl sites for hydroxylation is 1. The lowest BCUT2D eigenvalue weighted by atomic mass is 10.2. The van der Waals surface area contributed by atoms with Crippen LogP contribution in [0.25, 0.3) is 0 Å². The van der Waals surface area contributed by atoms with Crippen molar-refractivity contribution < 1.29 is 4.74 Å². The van der Waals surface area contributed by atoms with Crippen molar-refractivity contribution in [3.63, 3.8) is 0 Å². The van der Waals surface area contributed by atoms with Gasteiger partial charge in [-0.05, 0) is 45.2 Å². The second-order valence-corrected chi connectivity index (χ2v) is 5.70. The van der Waals surface area contributed by atoms with Crippen molar-refractivity contribution in [2.45, 2.75) is 45.8 Å². The molecule has 1 atom stereocenters. The van der Waals surface area contributed by atoms with Crippen LogP contribution in [0, 0.1) is 6.92 Å². The number of rotatable bonds is 6. The molecule has 0 aliphatic heterocycles. The van der Waals surface area contributed by atoms with Crippen LogP contribution in [0.4, 0.5) is 0 Å². The molecule has 4 nitrogen and oxygen atoms in total. The molecule has 22 heavy (non-hydrogen) atoms. The van der Waals surface area contributed by atoms with Gasteiger partial charge in [-0.15, -0.1) is 0 Å². The maximum Gasteiger partial charge on any atom is 0.191 e. The lowest BCUT2D eigenvalue weighted by molar-refractivity contribution is 0.228. The molecular weight excluding hydrogens is 274 g/mol. The first kappa shape index (κ1) is 16.4. The van der Waals surface area contributed by atoms with E-state index in [0.29, 0.717) is 12.6 Å². The number of hydrogen-bond acceptors (Lipinski definition) is 2. The first-order valence-electron chi connectivity index (χ1n) is 8.11. The number of para-hydroxylation sites is 1. The molecule has 1 aromatic rings. The lowest BCUT2D eigenvalue weighted by Crippen LogP contribution is -2.43. The van der Waals surface area contributed by atoms with E-state index in [0.717, 1.165) is 36.7 Å². The number of ether oxygens (including phenoxy) is 1. The van der Waals surface area contributed by atoms with Gasteiger partial charge in [0.2, 0.25) is 0 Å². The predicted molar refractivity (Wildman–Crippen MR) is 92.5 cm³/mol. The van der Waals surface area contributed by atoms with Gasteiger partial charge in [0.05, 0.1) is 6.54 Å². The van der Waals surface area contributed by atoms with Crippen molar-refractivity contribution in [2.75, 3.05) is 13.1 Å². The van der Waals surface area contributed by atoms with Gasteiger partial charge in [-0.2, -0.15) is 0 Å². The number of benzene rings is 1. The molecule has 1 unspecified atom stereocenters. The van der Waals surface area contributed by atoms with Crippen molar-refractivity contribution in [1.82, 2.24) is 10.6 Å². The smallest absolute Gasteiger partial charge is 0.191 e. The predicted octanol–water partition coefficient (Wildman–Crippen LogP) is 3.04. The summed E-state index contributed by atoms with van der Waals surface area (Å²) >= 11 is 0. The molecular formula is C18H27N3O.